The minimum atomic E-state index is 0.0962. The number of nitriles is 2. The highest BCUT2D eigenvalue weighted by Crippen LogP contribution is 2.27. The van der Waals surface area contributed by atoms with Gasteiger partial charge in [0.15, 0.2) is 5.13 Å². The van der Waals surface area contributed by atoms with E-state index in [0.29, 0.717) is 0 Å². The summed E-state index contributed by atoms with van der Waals surface area (Å²) in [5, 5.41) is 18.4. The molecule has 19 heavy (non-hydrogen) atoms. The number of nitrogens with zero attached hydrogens (tertiary/aromatic N) is 4. The Bertz CT molecular complexity index is 540. The number of thiazole rings is 1. The number of anilines is 1. The summed E-state index contributed by atoms with van der Waals surface area (Å²) in [4.78, 5) is 7.36. The van der Waals surface area contributed by atoms with Crippen LogP contribution in [-0.2, 0) is 4.74 Å². The molecule has 2 heterocycles. The molecule has 2 rings (SSSR count). The van der Waals surface area contributed by atoms with Gasteiger partial charge in [-0.3, -0.25) is 0 Å². The zero-order valence-corrected chi connectivity index (χ0v) is 11.6. The van der Waals surface area contributed by atoms with Crippen LogP contribution >= 0.6 is 11.3 Å². The normalized spacial score (nSPS) is 22.4. The first-order chi connectivity index (χ1) is 9.12. The molecule has 1 aliphatic heterocycles. The second-order valence-electron chi connectivity index (χ2n) is 4.49. The van der Waals surface area contributed by atoms with Gasteiger partial charge in [0, 0.05) is 19.3 Å². The second kappa shape index (κ2) is 5.83. The molecule has 1 fully saturated rings. The molecule has 1 aromatic rings. The molecule has 5 nitrogen and oxygen atoms in total. The van der Waals surface area contributed by atoms with Crippen LogP contribution in [0.2, 0.25) is 0 Å². The highest BCUT2D eigenvalue weighted by molar-refractivity contribution is 7.16. The molecule has 1 aliphatic rings. The fourth-order valence-electron chi connectivity index (χ4n) is 2.06. The van der Waals surface area contributed by atoms with Gasteiger partial charge in [0.05, 0.1) is 17.1 Å². The molecule has 98 valence electrons. The first-order valence-electron chi connectivity index (χ1n) is 6.00. The van der Waals surface area contributed by atoms with Crippen molar-refractivity contribution in [2.45, 2.75) is 26.1 Å². The van der Waals surface area contributed by atoms with Gasteiger partial charge in [-0.05, 0) is 19.9 Å². The molecule has 0 bridgehead atoms. The lowest BCUT2D eigenvalue weighted by Gasteiger charge is -2.35. The van der Waals surface area contributed by atoms with Gasteiger partial charge in [-0.2, -0.15) is 10.5 Å². The van der Waals surface area contributed by atoms with Gasteiger partial charge in [0.1, 0.15) is 17.7 Å². The molecule has 1 saturated heterocycles. The average molecular weight is 274 g/mol. The van der Waals surface area contributed by atoms with Gasteiger partial charge >= 0.3 is 0 Å². The van der Waals surface area contributed by atoms with Crippen LogP contribution in [0.1, 0.15) is 18.7 Å². The van der Waals surface area contributed by atoms with Gasteiger partial charge in [-0.1, -0.05) is 11.3 Å². The summed E-state index contributed by atoms with van der Waals surface area (Å²) in [5.41, 5.74) is 0.0962. The van der Waals surface area contributed by atoms with Crippen LogP contribution in [0.4, 0.5) is 5.13 Å². The summed E-state index contributed by atoms with van der Waals surface area (Å²) >= 11 is 1.48. The monoisotopic (exact) mass is 274 g/mol. The summed E-state index contributed by atoms with van der Waals surface area (Å²) in [6, 6.07) is 3.70. The van der Waals surface area contributed by atoms with E-state index in [9.17, 15) is 0 Å². The number of rotatable bonds is 2. The van der Waals surface area contributed by atoms with Crippen LogP contribution in [-0.4, -0.2) is 30.3 Å². The van der Waals surface area contributed by atoms with Crippen molar-refractivity contribution in [3.05, 3.63) is 16.6 Å². The van der Waals surface area contributed by atoms with Crippen molar-refractivity contribution in [2.75, 3.05) is 18.0 Å². The van der Waals surface area contributed by atoms with Crippen LogP contribution in [0, 0.1) is 22.7 Å². The molecule has 1 aromatic heterocycles. The van der Waals surface area contributed by atoms with E-state index < -0.39 is 0 Å². The smallest absolute Gasteiger partial charge is 0.186 e. The van der Waals surface area contributed by atoms with Crippen molar-refractivity contribution in [3.8, 4) is 12.1 Å². The van der Waals surface area contributed by atoms with Crippen molar-refractivity contribution in [1.82, 2.24) is 4.98 Å². The molecule has 0 radical (unpaired) electrons. The van der Waals surface area contributed by atoms with Crippen LogP contribution in [0.25, 0.3) is 6.08 Å². The molecule has 0 amide bonds. The first-order valence-corrected chi connectivity index (χ1v) is 6.82. The fraction of sp³-hybridized carbons (Fsp3) is 0.462. The third kappa shape index (κ3) is 3.31. The van der Waals surface area contributed by atoms with E-state index in [4.69, 9.17) is 15.3 Å². The summed E-state index contributed by atoms with van der Waals surface area (Å²) in [6.07, 6.45) is 3.62. The predicted molar refractivity (Wildman–Crippen MR) is 73.5 cm³/mol. The topological polar surface area (TPSA) is 72.9 Å². The molecule has 0 aliphatic carbocycles. The standard InChI is InChI=1S/C13H14N4OS/c1-9-7-17(8-10(2)18-9)13-16-6-12(19-13)3-11(4-14)5-15/h3,6,9-10H,7-8H2,1-2H3/t9-,10-/m0/s1. The quantitative estimate of drug-likeness (QED) is 0.773. The van der Waals surface area contributed by atoms with E-state index >= 15 is 0 Å². The van der Waals surface area contributed by atoms with Crippen LogP contribution in [0.15, 0.2) is 11.8 Å². The average Bonchev–Trinajstić information content (AvgIpc) is 2.83. The molecule has 0 spiro atoms. The van der Waals surface area contributed by atoms with E-state index in [0.717, 1.165) is 23.1 Å². The highest BCUT2D eigenvalue weighted by Gasteiger charge is 2.24. The molecule has 0 N–H and O–H groups in total. The van der Waals surface area contributed by atoms with Crippen LogP contribution in [0.3, 0.4) is 0 Å². The number of allylic oxidation sites excluding steroid dienone is 1. The lowest BCUT2D eigenvalue weighted by Crippen LogP contribution is -2.45. The molecule has 0 aromatic carbocycles. The van der Waals surface area contributed by atoms with Crippen molar-refractivity contribution in [2.24, 2.45) is 0 Å². The van der Waals surface area contributed by atoms with E-state index in [2.05, 4.69) is 9.88 Å². The maximum Gasteiger partial charge on any atom is 0.186 e. The Morgan fingerprint density at radius 3 is 2.63 bits per heavy atom. The lowest BCUT2D eigenvalue weighted by atomic mass is 10.2. The minimum Gasteiger partial charge on any atom is -0.372 e. The third-order valence-corrected chi connectivity index (χ3v) is 3.73. The number of ether oxygens (including phenoxy) is 1. The summed E-state index contributed by atoms with van der Waals surface area (Å²) in [7, 11) is 0. The number of hydrogen-bond acceptors (Lipinski definition) is 6. The maximum atomic E-state index is 8.73. The SMILES string of the molecule is C[C@H]1CN(c2ncc(C=C(C#N)C#N)s2)C[C@H](C)O1. The Kier molecular flexibility index (Phi) is 4.16. The maximum absolute atomic E-state index is 8.73. The summed E-state index contributed by atoms with van der Waals surface area (Å²) in [6.45, 7) is 5.70. The molecule has 6 heteroatoms. The molecular formula is C13H14N4OS. The van der Waals surface area contributed by atoms with E-state index in [-0.39, 0.29) is 17.8 Å². The van der Waals surface area contributed by atoms with Gasteiger partial charge < -0.3 is 9.64 Å². The van der Waals surface area contributed by atoms with Gasteiger partial charge in [0.25, 0.3) is 0 Å². The Hall–Kier alpha value is -1.89. The Morgan fingerprint density at radius 1 is 1.42 bits per heavy atom. The molecular weight excluding hydrogens is 260 g/mol. The highest BCUT2D eigenvalue weighted by atomic mass is 32.1. The van der Waals surface area contributed by atoms with E-state index in [1.54, 1.807) is 12.3 Å². The minimum absolute atomic E-state index is 0.0962. The van der Waals surface area contributed by atoms with E-state index in [1.807, 2.05) is 26.0 Å². The van der Waals surface area contributed by atoms with Crippen molar-refractivity contribution < 1.29 is 4.74 Å². The van der Waals surface area contributed by atoms with Crippen molar-refractivity contribution >= 4 is 22.5 Å². The lowest BCUT2D eigenvalue weighted by molar-refractivity contribution is -0.00522. The van der Waals surface area contributed by atoms with E-state index in [1.165, 1.54) is 11.3 Å². The fourth-order valence-corrected chi connectivity index (χ4v) is 2.93. The van der Waals surface area contributed by atoms with Crippen molar-refractivity contribution in [3.63, 3.8) is 0 Å². The van der Waals surface area contributed by atoms with Crippen LogP contribution in [0.5, 0.6) is 0 Å². The zero-order valence-electron chi connectivity index (χ0n) is 10.8. The van der Waals surface area contributed by atoms with Crippen molar-refractivity contribution in [1.29, 1.82) is 10.5 Å². The van der Waals surface area contributed by atoms with Gasteiger partial charge in [-0.15, -0.1) is 0 Å². The van der Waals surface area contributed by atoms with Gasteiger partial charge in [-0.25, -0.2) is 4.98 Å². The molecule has 0 saturated carbocycles. The van der Waals surface area contributed by atoms with Crippen LogP contribution < -0.4 is 4.90 Å². The Labute approximate surface area is 116 Å². The Balaban J connectivity index is 2.16. The Morgan fingerprint density at radius 2 is 2.05 bits per heavy atom. The molecule has 2 atom stereocenters. The zero-order chi connectivity index (χ0) is 13.8. The first kappa shape index (κ1) is 13.5. The largest absolute Gasteiger partial charge is 0.372 e. The summed E-state index contributed by atoms with van der Waals surface area (Å²) in [5.74, 6) is 0. The third-order valence-electron chi connectivity index (χ3n) is 2.73. The number of hydrogen-bond donors (Lipinski definition) is 0. The predicted octanol–water partition coefficient (Wildman–Crippen LogP) is 2.19. The number of aromatic nitrogens is 1. The second-order valence-corrected chi connectivity index (χ2v) is 5.53. The summed E-state index contributed by atoms with van der Waals surface area (Å²) < 4.78 is 5.68. The van der Waals surface area contributed by atoms with Gasteiger partial charge in [0.2, 0.25) is 0 Å². The number of morpholine rings is 1. The molecule has 0 unspecified atom stereocenters.